The Kier molecular flexibility index (Phi) is 5.92. The summed E-state index contributed by atoms with van der Waals surface area (Å²) in [5.41, 5.74) is 0.551. The van der Waals surface area contributed by atoms with Crippen LogP contribution < -0.4 is 5.32 Å². The van der Waals surface area contributed by atoms with Gasteiger partial charge in [0.2, 0.25) is 0 Å². The smallest absolute Gasteiger partial charge is 0.0195 e. The zero-order valence-corrected chi connectivity index (χ0v) is 14.3. The van der Waals surface area contributed by atoms with Gasteiger partial charge in [-0.15, -0.1) is 0 Å². The molecule has 20 heavy (non-hydrogen) atoms. The minimum absolute atomic E-state index is 0.551. The van der Waals surface area contributed by atoms with Crippen molar-refractivity contribution in [1.82, 2.24) is 10.2 Å². The maximum atomic E-state index is 3.66. The second-order valence-corrected chi connectivity index (χ2v) is 7.73. The van der Waals surface area contributed by atoms with Gasteiger partial charge in [0.15, 0.2) is 0 Å². The SMILES string of the molecule is CCN(CC1CCCN1)C1CCC(C(C)(C)CC)CC1. The molecule has 2 heteroatoms. The molecule has 0 aromatic heterocycles. The van der Waals surface area contributed by atoms with Crippen LogP contribution in [0.5, 0.6) is 0 Å². The van der Waals surface area contributed by atoms with Crippen molar-refractivity contribution in [2.45, 2.75) is 84.7 Å². The molecule has 0 radical (unpaired) electrons. The lowest BCUT2D eigenvalue weighted by Gasteiger charge is -2.42. The Morgan fingerprint density at radius 2 is 1.75 bits per heavy atom. The lowest BCUT2D eigenvalue weighted by atomic mass is 9.68. The van der Waals surface area contributed by atoms with E-state index in [1.165, 1.54) is 64.6 Å². The third kappa shape index (κ3) is 3.98. The fourth-order valence-corrected chi connectivity index (χ4v) is 4.24. The highest BCUT2D eigenvalue weighted by atomic mass is 15.2. The fraction of sp³-hybridized carbons (Fsp3) is 1.00. The molecule has 1 aliphatic carbocycles. The van der Waals surface area contributed by atoms with E-state index in [9.17, 15) is 0 Å². The largest absolute Gasteiger partial charge is 0.313 e. The van der Waals surface area contributed by atoms with Crippen LogP contribution >= 0.6 is 0 Å². The molecule has 0 aromatic carbocycles. The van der Waals surface area contributed by atoms with Gasteiger partial charge in [0.25, 0.3) is 0 Å². The Labute approximate surface area is 126 Å². The van der Waals surface area contributed by atoms with E-state index in [-0.39, 0.29) is 0 Å². The lowest BCUT2D eigenvalue weighted by Crippen LogP contribution is -2.45. The molecule has 2 fully saturated rings. The van der Waals surface area contributed by atoms with Gasteiger partial charge in [-0.25, -0.2) is 0 Å². The van der Waals surface area contributed by atoms with Crippen molar-refractivity contribution in [3.8, 4) is 0 Å². The number of likely N-dealkylation sites (N-methyl/N-ethyl adjacent to an activating group) is 1. The minimum atomic E-state index is 0.551. The molecule has 1 N–H and O–H groups in total. The molecular formula is C18H36N2. The first-order chi connectivity index (χ1) is 9.56. The van der Waals surface area contributed by atoms with Gasteiger partial charge < -0.3 is 5.32 Å². The van der Waals surface area contributed by atoms with Crippen molar-refractivity contribution in [1.29, 1.82) is 0 Å². The molecule has 2 aliphatic rings. The molecule has 1 heterocycles. The topological polar surface area (TPSA) is 15.3 Å². The van der Waals surface area contributed by atoms with E-state index in [1.54, 1.807) is 0 Å². The summed E-state index contributed by atoms with van der Waals surface area (Å²) >= 11 is 0. The molecule has 118 valence electrons. The van der Waals surface area contributed by atoms with Crippen molar-refractivity contribution in [3.63, 3.8) is 0 Å². The Morgan fingerprint density at radius 1 is 1.05 bits per heavy atom. The summed E-state index contributed by atoms with van der Waals surface area (Å²) in [5, 5.41) is 3.66. The predicted octanol–water partition coefficient (Wildman–Crippen LogP) is 4.06. The van der Waals surface area contributed by atoms with Gasteiger partial charge >= 0.3 is 0 Å². The minimum Gasteiger partial charge on any atom is -0.313 e. The maximum Gasteiger partial charge on any atom is 0.0195 e. The quantitative estimate of drug-likeness (QED) is 0.789. The molecule has 2 nitrogen and oxygen atoms in total. The molecule has 0 aromatic rings. The number of nitrogens with one attached hydrogen (secondary N) is 1. The van der Waals surface area contributed by atoms with E-state index in [2.05, 4.69) is 37.9 Å². The van der Waals surface area contributed by atoms with E-state index in [0.717, 1.165) is 18.0 Å². The normalized spacial score (nSPS) is 31.9. The molecule has 2 rings (SSSR count). The Bertz CT molecular complexity index is 273. The van der Waals surface area contributed by atoms with Crippen LogP contribution in [0.4, 0.5) is 0 Å². The monoisotopic (exact) mass is 280 g/mol. The van der Waals surface area contributed by atoms with Gasteiger partial charge in [-0.3, -0.25) is 4.90 Å². The van der Waals surface area contributed by atoms with Crippen molar-refractivity contribution in [2.24, 2.45) is 11.3 Å². The molecule has 0 bridgehead atoms. The summed E-state index contributed by atoms with van der Waals surface area (Å²) < 4.78 is 0. The van der Waals surface area contributed by atoms with Crippen LogP contribution in [-0.4, -0.2) is 36.6 Å². The van der Waals surface area contributed by atoms with E-state index in [4.69, 9.17) is 0 Å². The Balaban J connectivity index is 1.81. The second-order valence-electron chi connectivity index (χ2n) is 7.73. The number of hydrogen-bond donors (Lipinski definition) is 1. The second kappa shape index (κ2) is 7.26. The molecule has 1 saturated heterocycles. The third-order valence-corrected chi connectivity index (χ3v) is 6.25. The van der Waals surface area contributed by atoms with Crippen molar-refractivity contribution in [3.05, 3.63) is 0 Å². The molecule has 1 unspecified atom stereocenters. The number of hydrogen-bond acceptors (Lipinski definition) is 2. The van der Waals surface area contributed by atoms with E-state index in [0.29, 0.717) is 5.41 Å². The van der Waals surface area contributed by atoms with Crippen LogP contribution in [0.15, 0.2) is 0 Å². The zero-order valence-electron chi connectivity index (χ0n) is 14.3. The fourth-order valence-electron chi connectivity index (χ4n) is 4.24. The average Bonchev–Trinajstić information content (AvgIpc) is 2.98. The van der Waals surface area contributed by atoms with Gasteiger partial charge in [-0.2, -0.15) is 0 Å². The highest BCUT2D eigenvalue weighted by molar-refractivity contribution is 4.87. The summed E-state index contributed by atoms with van der Waals surface area (Å²) in [6.07, 6.45) is 9.82. The highest BCUT2D eigenvalue weighted by Gasteiger charge is 2.33. The molecule has 1 atom stereocenters. The summed E-state index contributed by atoms with van der Waals surface area (Å²) in [6, 6.07) is 1.62. The molecule has 1 aliphatic heterocycles. The van der Waals surface area contributed by atoms with Gasteiger partial charge in [0, 0.05) is 18.6 Å². The number of rotatable bonds is 6. The van der Waals surface area contributed by atoms with Crippen LogP contribution in [0, 0.1) is 11.3 Å². The Morgan fingerprint density at radius 3 is 2.25 bits per heavy atom. The molecular weight excluding hydrogens is 244 g/mol. The maximum absolute atomic E-state index is 3.66. The average molecular weight is 281 g/mol. The van der Waals surface area contributed by atoms with Crippen LogP contribution in [0.1, 0.15) is 72.6 Å². The van der Waals surface area contributed by atoms with Crippen molar-refractivity contribution >= 4 is 0 Å². The highest BCUT2D eigenvalue weighted by Crippen LogP contribution is 2.41. The molecule has 0 spiro atoms. The van der Waals surface area contributed by atoms with E-state index < -0.39 is 0 Å². The van der Waals surface area contributed by atoms with Crippen molar-refractivity contribution in [2.75, 3.05) is 19.6 Å². The first-order valence-electron chi connectivity index (χ1n) is 9.04. The predicted molar refractivity (Wildman–Crippen MR) is 88.1 cm³/mol. The summed E-state index contributed by atoms with van der Waals surface area (Å²) in [6.45, 7) is 13.4. The van der Waals surface area contributed by atoms with Crippen LogP contribution in [0.2, 0.25) is 0 Å². The Hall–Kier alpha value is -0.0800. The number of nitrogens with zero attached hydrogens (tertiary/aromatic N) is 1. The van der Waals surface area contributed by atoms with Crippen molar-refractivity contribution < 1.29 is 0 Å². The van der Waals surface area contributed by atoms with Gasteiger partial charge in [0.05, 0.1) is 0 Å². The summed E-state index contributed by atoms with van der Waals surface area (Å²) in [4.78, 5) is 2.76. The van der Waals surface area contributed by atoms with Gasteiger partial charge in [-0.1, -0.05) is 34.1 Å². The van der Waals surface area contributed by atoms with E-state index >= 15 is 0 Å². The molecule has 1 saturated carbocycles. The van der Waals surface area contributed by atoms with Gasteiger partial charge in [-0.05, 0) is 62.9 Å². The molecule has 0 amide bonds. The summed E-state index contributed by atoms with van der Waals surface area (Å²) in [7, 11) is 0. The van der Waals surface area contributed by atoms with Crippen LogP contribution in [0.25, 0.3) is 0 Å². The van der Waals surface area contributed by atoms with Gasteiger partial charge in [0.1, 0.15) is 0 Å². The standard InChI is InChI=1S/C18H36N2/c1-5-18(3,4)15-9-11-17(12-10-15)20(6-2)14-16-8-7-13-19-16/h15-17,19H,5-14H2,1-4H3. The zero-order chi connectivity index (χ0) is 14.6. The van der Waals surface area contributed by atoms with E-state index in [1.807, 2.05) is 0 Å². The van der Waals surface area contributed by atoms with Crippen LogP contribution in [-0.2, 0) is 0 Å². The third-order valence-electron chi connectivity index (χ3n) is 6.25. The summed E-state index contributed by atoms with van der Waals surface area (Å²) in [5.74, 6) is 0.951. The first-order valence-corrected chi connectivity index (χ1v) is 9.04. The first kappa shape index (κ1) is 16.3. The van der Waals surface area contributed by atoms with Crippen LogP contribution in [0.3, 0.4) is 0 Å². The lowest BCUT2D eigenvalue weighted by molar-refractivity contribution is 0.0835.